The van der Waals surface area contributed by atoms with Crippen LogP contribution in [-0.4, -0.2) is 6.61 Å². The normalized spacial score (nSPS) is 26.2. The minimum absolute atomic E-state index is 0.238. The van der Waals surface area contributed by atoms with Crippen molar-refractivity contribution in [3.63, 3.8) is 0 Å². The Labute approximate surface area is 200 Å². The average molecular weight is 451 g/mol. The third kappa shape index (κ3) is 6.19. The maximum atomic E-state index is 14.9. The van der Waals surface area contributed by atoms with Gasteiger partial charge in [-0.15, -0.1) is 0 Å². The van der Waals surface area contributed by atoms with Crippen molar-refractivity contribution >= 4 is 10.8 Å². The van der Waals surface area contributed by atoms with Crippen LogP contribution >= 0.6 is 0 Å². The molecule has 2 aliphatic carbocycles. The van der Waals surface area contributed by atoms with E-state index in [1.165, 1.54) is 82.6 Å². The molecule has 0 heterocycles. The highest BCUT2D eigenvalue weighted by atomic mass is 19.1. The molecule has 2 aliphatic rings. The lowest BCUT2D eigenvalue weighted by Gasteiger charge is -2.38. The molecule has 0 radical (unpaired) electrons. The van der Waals surface area contributed by atoms with Crippen LogP contribution in [0.1, 0.15) is 102 Å². The van der Waals surface area contributed by atoms with E-state index in [2.05, 4.69) is 19.1 Å². The number of hydrogen-bond acceptors (Lipinski definition) is 1. The van der Waals surface area contributed by atoms with Crippen LogP contribution in [0, 0.1) is 23.6 Å². The predicted octanol–water partition coefficient (Wildman–Crippen LogP) is 9.59. The van der Waals surface area contributed by atoms with Crippen LogP contribution in [0.3, 0.4) is 0 Å². The number of ether oxygens (including phenoxy) is 1. The van der Waals surface area contributed by atoms with Crippen molar-refractivity contribution in [1.29, 1.82) is 0 Å². The van der Waals surface area contributed by atoms with Crippen LogP contribution in [0.4, 0.5) is 4.39 Å². The van der Waals surface area contributed by atoms with E-state index in [-0.39, 0.29) is 5.82 Å². The van der Waals surface area contributed by atoms with Crippen LogP contribution in [-0.2, 0) is 0 Å². The second-order valence-corrected chi connectivity index (χ2v) is 10.6. The highest BCUT2D eigenvalue weighted by Crippen LogP contribution is 2.45. The number of benzene rings is 2. The van der Waals surface area contributed by atoms with Crippen LogP contribution < -0.4 is 4.74 Å². The quantitative estimate of drug-likeness (QED) is 0.273. The molecule has 1 nitrogen and oxygen atoms in total. The molecule has 2 fully saturated rings. The smallest absolute Gasteiger partial charge is 0.172 e. The summed E-state index contributed by atoms with van der Waals surface area (Å²) in [7, 11) is 0. The zero-order chi connectivity index (χ0) is 23.0. The molecule has 0 amide bonds. The van der Waals surface area contributed by atoms with Gasteiger partial charge < -0.3 is 4.74 Å². The lowest BCUT2D eigenvalue weighted by atomic mass is 9.68. The van der Waals surface area contributed by atoms with Gasteiger partial charge >= 0.3 is 0 Å². The van der Waals surface area contributed by atoms with Gasteiger partial charge in [0.2, 0.25) is 0 Å². The van der Waals surface area contributed by atoms with Crippen LogP contribution in [0.25, 0.3) is 10.8 Å². The lowest BCUT2D eigenvalue weighted by Crippen LogP contribution is -2.25. The molecular formula is C31H43FO. The summed E-state index contributed by atoms with van der Waals surface area (Å²) in [5.41, 5.74) is 1.39. The lowest BCUT2D eigenvalue weighted by molar-refractivity contribution is 0.155. The maximum absolute atomic E-state index is 14.9. The molecule has 4 rings (SSSR count). The van der Waals surface area contributed by atoms with E-state index >= 15 is 0 Å². The van der Waals surface area contributed by atoms with E-state index in [0.717, 1.165) is 23.1 Å². The molecule has 180 valence electrons. The topological polar surface area (TPSA) is 9.23 Å². The maximum Gasteiger partial charge on any atom is 0.172 e. The zero-order valence-corrected chi connectivity index (χ0v) is 20.8. The monoisotopic (exact) mass is 450 g/mol. The second kappa shape index (κ2) is 12.0. The predicted molar refractivity (Wildman–Crippen MR) is 139 cm³/mol. The largest absolute Gasteiger partial charge is 0.486 e. The van der Waals surface area contributed by atoms with Crippen molar-refractivity contribution in [3.05, 3.63) is 53.9 Å². The fraction of sp³-hybridized carbons (Fsp3) is 0.613. The van der Waals surface area contributed by atoms with Crippen LogP contribution in [0.2, 0.25) is 0 Å². The Bertz CT molecular complexity index is 901. The molecule has 0 unspecified atom stereocenters. The van der Waals surface area contributed by atoms with Gasteiger partial charge in [0.15, 0.2) is 11.6 Å². The molecule has 2 aromatic rings. The Balaban J connectivity index is 1.30. The number of rotatable bonds is 9. The minimum Gasteiger partial charge on any atom is -0.486 e. The first-order valence-electron chi connectivity index (χ1n) is 13.7. The molecule has 2 saturated carbocycles. The van der Waals surface area contributed by atoms with E-state index < -0.39 is 0 Å². The molecule has 0 atom stereocenters. The number of hydrogen-bond donors (Lipinski definition) is 0. The van der Waals surface area contributed by atoms with E-state index in [1.807, 2.05) is 31.2 Å². The summed E-state index contributed by atoms with van der Waals surface area (Å²) in [4.78, 5) is 0. The summed E-state index contributed by atoms with van der Waals surface area (Å²) in [5.74, 6) is 3.65. The molecule has 2 aromatic carbocycles. The summed E-state index contributed by atoms with van der Waals surface area (Å²) < 4.78 is 20.5. The van der Waals surface area contributed by atoms with Gasteiger partial charge in [0, 0.05) is 5.39 Å². The molecular weight excluding hydrogens is 407 g/mol. The van der Waals surface area contributed by atoms with Crippen molar-refractivity contribution < 1.29 is 9.13 Å². The first-order valence-corrected chi connectivity index (χ1v) is 13.7. The van der Waals surface area contributed by atoms with Gasteiger partial charge in [0.25, 0.3) is 0 Å². The minimum atomic E-state index is -0.238. The number of fused-ring (bicyclic) bond motifs is 1. The summed E-state index contributed by atoms with van der Waals surface area (Å²) in [6, 6.07) is 10.1. The van der Waals surface area contributed by atoms with E-state index in [9.17, 15) is 4.39 Å². The van der Waals surface area contributed by atoms with Crippen molar-refractivity contribution in [1.82, 2.24) is 0 Å². The fourth-order valence-electron chi connectivity index (χ4n) is 6.45. The van der Waals surface area contributed by atoms with Gasteiger partial charge in [0.1, 0.15) is 6.61 Å². The van der Waals surface area contributed by atoms with Gasteiger partial charge in [-0.05, 0) is 86.1 Å². The molecule has 33 heavy (non-hydrogen) atoms. The van der Waals surface area contributed by atoms with Gasteiger partial charge in [-0.3, -0.25) is 0 Å². The van der Waals surface area contributed by atoms with Gasteiger partial charge in [-0.2, -0.15) is 0 Å². The highest BCUT2D eigenvalue weighted by molar-refractivity contribution is 5.85. The summed E-state index contributed by atoms with van der Waals surface area (Å²) in [6.45, 7) is 4.65. The zero-order valence-electron chi connectivity index (χ0n) is 20.8. The van der Waals surface area contributed by atoms with E-state index in [1.54, 1.807) is 6.07 Å². The summed E-state index contributed by atoms with van der Waals surface area (Å²) >= 11 is 0. The Morgan fingerprint density at radius 2 is 1.64 bits per heavy atom. The van der Waals surface area contributed by atoms with Crippen molar-refractivity contribution in [2.45, 2.75) is 96.8 Å². The third-order valence-electron chi connectivity index (χ3n) is 8.53. The molecule has 0 bridgehead atoms. The average Bonchev–Trinajstić information content (AvgIpc) is 2.86. The first-order chi connectivity index (χ1) is 16.2. The highest BCUT2D eigenvalue weighted by Gasteiger charge is 2.31. The Morgan fingerprint density at radius 1 is 0.909 bits per heavy atom. The Morgan fingerprint density at radius 3 is 2.33 bits per heavy atom. The first kappa shape index (κ1) is 24.3. The van der Waals surface area contributed by atoms with E-state index in [4.69, 9.17) is 4.74 Å². The number of allylic oxidation sites excluding steroid dienone is 1. The fourth-order valence-corrected chi connectivity index (χ4v) is 6.45. The van der Waals surface area contributed by atoms with Gasteiger partial charge in [-0.25, -0.2) is 4.39 Å². The number of unbranched alkanes of at least 4 members (excludes halogenated alkanes) is 2. The SMILES string of the molecule is CC=CCOc1ccc2cc(C3CCC(C4CCC(CCCCC)CC4)CC3)ccc2c1F. The van der Waals surface area contributed by atoms with Crippen LogP contribution in [0.5, 0.6) is 5.75 Å². The molecule has 0 aromatic heterocycles. The summed E-state index contributed by atoms with van der Waals surface area (Å²) in [5, 5.41) is 1.66. The molecule has 0 aliphatic heterocycles. The second-order valence-electron chi connectivity index (χ2n) is 10.6. The van der Waals surface area contributed by atoms with Crippen molar-refractivity contribution in [2.75, 3.05) is 6.61 Å². The van der Waals surface area contributed by atoms with Crippen LogP contribution in [0.15, 0.2) is 42.5 Å². The Hall–Kier alpha value is -1.83. The third-order valence-corrected chi connectivity index (χ3v) is 8.53. The molecule has 0 N–H and O–H groups in total. The van der Waals surface area contributed by atoms with Crippen molar-refractivity contribution in [2.24, 2.45) is 17.8 Å². The number of halogens is 1. The molecule has 0 saturated heterocycles. The Kier molecular flexibility index (Phi) is 8.87. The molecule has 0 spiro atoms. The van der Waals surface area contributed by atoms with Gasteiger partial charge in [-0.1, -0.05) is 81.9 Å². The summed E-state index contributed by atoms with van der Waals surface area (Å²) in [6.07, 6.45) is 20.7. The van der Waals surface area contributed by atoms with Gasteiger partial charge in [0.05, 0.1) is 0 Å². The standard InChI is InChI=1S/C31H43FO/c1-3-5-7-8-23-9-11-24(12-10-23)25-13-15-26(16-14-25)27-17-19-29-28(22-27)18-20-30(31(29)32)33-21-6-4-2/h4,6,17-20,22-26H,3,5,7-16,21H2,1-2H3. The molecule has 2 heteroatoms. The van der Waals surface area contributed by atoms with Crippen molar-refractivity contribution in [3.8, 4) is 5.75 Å². The van der Waals surface area contributed by atoms with E-state index in [0.29, 0.717) is 23.7 Å².